The van der Waals surface area contributed by atoms with Gasteiger partial charge in [0, 0.05) is 30.1 Å². The van der Waals surface area contributed by atoms with Crippen LogP contribution in [-0.2, 0) is 0 Å². The first-order chi connectivity index (χ1) is 8.35. The second kappa shape index (κ2) is 5.82. The molecule has 5 nitrogen and oxygen atoms in total. The van der Waals surface area contributed by atoms with Crippen molar-refractivity contribution in [2.24, 2.45) is 5.41 Å². The summed E-state index contributed by atoms with van der Waals surface area (Å²) in [6.45, 7) is 4.33. The van der Waals surface area contributed by atoms with Gasteiger partial charge >= 0.3 is 0 Å². The lowest BCUT2D eigenvalue weighted by Gasteiger charge is -2.21. The molecule has 98 valence electrons. The molecule has 1 rings (SSSR count). The highest BCUT2D eigenvalue weighted by Crippen LogP contribution is 2.16. The molecular weight excluding hydrogens is 256 g/mol. The lowest BCUT2D eigenvalue weighted by atomic mass is 9.96. The van der Waals surface area contributed by atoms with Gasteiger partial charge in [-0.2, -0.15) is 0 Å². The first-order valence-electron chi connectivity index (χ1n) is 5.44. The predicted molar refractivity (Wildman–Crippen MR) is 69.9 cm³/mol. The zero-order chi connectivity index (χ0) is 13.8. The summed E-state index contributed by atoms with van der Waals surface area (Å²) in [7, 11) is 0. The van der Waals surface area contributed by atoms with E-state index in [2.05, 4.69) is 5.32 Å². The number of amides is 1. The minimum Gasteiger partial charge on any atom is -0.351 e. The van der Waals surface area contributed by atoms with E-state index >= 15 is 0 Å². The van der Waals surface area contributed by atoms with Crippen LogP contribution in [0.25, 0.3) is 0 Å². The molecule has 1 aromatic carbocycles. The van der Waals surface area contributed by atoms with Crippen LogP contribution < -0.4 is 5.32 Å². The van der Waals surface area contributed by atoms with E-state index in [1.54, 1.807) is 0 Å². The van der Waals surface area contributed by atoms with Crippen LogP contribution in [0.5, 0.6) is 0 Å². The highest BCUT2D eigenvalue weighted by atomic mass is 35.5. The normalized spacial score (nSPS) is 11.1. The van der Waals surface area contributed by atoms with Crippen molar-refractivity contribution in [2.75, 3.05) is 12.4 Å². The van der Waals surface area contributed by atoms with E-state index in [0.29, 0.717) is 18.0 Å². The Kier molecular flexibility index (Phi) is 4.67. The Bertz CT molecular complexity index is 443. The van der Waals surface area contributed by atoms with Crippen molar-refractivity contribution in [2.45, 2.75) is 13.8 Å². The molecule has 18 heavy (non-hydrogen) atoms. The Hall–Kier alpha value is -1.62. The zero-order valence-corrected chi connectivity index (χ0v) is 11.0. The van der Waals surface area contributed by atoms with Crippen LogP contribution >= 0.6 is 11.6 Å². The maximum atomic E-state index is 11.8. The molecule has 0 fully saturated rings. The topological polar surface area (TPSA) is 72.2 Å². The van der Waals surface area contributed by atoms with Gasteiger partial charge < -0.3 is 5.32 Å². The zero-order valence-electron chi connectivity index (χ0n) is 10.3. The van der Waals surface area contributed by atoms with Crippen LogP contribution in [0.15, 0.2) is 24.3 Å². The van der Waals surface area contributed by atoms with Gasteiger partial charge in [0.05, 0.1) is 4.92 Å². The lowest BCUT2D eigenvalue weighted by Crippen LogP contribution is -2.34. The van der Waals surface area contributed by atoms with E-state index < -0.39 is 4.92 Å². The molecule has 0 bridgehead atoms. The summed E-state index contributed by atoms with van der Waals surface area (Å²) in [6.07, 6.45) is 0. The third kappa shape index (κ3) is 4.00. The number of hydrogen-bond donors (Lipinski definition) is 1. The standard InChI is InChI=1S/C12H15ClN2O3/c1-12(2,7-13)8-14-11(16)9-3-5-10(6-4-9)15(17)18/h3-6H,7-8H2,1-2H3,(H,14,16). The number of alkyl halides is 1. The summed E-state index contributed by atoms with van der Waals surface area (Å²) in [4.78, 5) is 21.7. The van der Waals surface area contributed by atoms with Crippen molar-refractivity contribution in [3.8, 4) is 0 Å². The maximum absolute atomic E-state index is 11.8. The molecule has 0 spiro atoms. The van der Waals surface area contributed by atoms with Crippen molar-refractivity contribution in [1.82, 2.24) is 5.32 Å². The van der Waals surface area contributed by atoms with E-state index in [9.17, 15) is 14.9 Å². The SMILES string of the molecule is CC(C)(CCl)CNC(=O)c1ccc([N+](=O)[O-])cc1. The number of carbonyl (C=O) groups excluding carboxylic acids is 1. The molecule has 0 heterocycles. The van der Waals surface area contributed by atoms with Gasteiger partial charge in [-0.1, -0.05) is 13.8 Å². The molecule has 0 radical (unpaired) electrons. The Labute approximate surface area is 110 Å². The molecular formula is C12H15ClN2O3. The van der Waals surface area contributed by atoms with Gasteiger partial charge in [-0.15, -0.1) is 11.6 Å². The smallest absolute Gasteiger partial charge is 0.269 e. The second-order valence-electron chi connectivity index (χ2n) is 4.78. The van der Waals surface area contributed by atoms with Crippen molar-refractivity contribution < 1.29 is 9.72 Å². The number of halogens is 1. The molecule has 0 saturated carbocycles. The van der Waals surface area contributed by atoms with Gasteiger partial charge in [0.15, 0.2) is 0 Å². The first-order valence-corrected chi connectivity index (χ1v) is 5.98. The third-order valence-corrected chi connectivity index (χ3v) is 3.15. The molecule has 0 aromatic heterocycles. The van der Waals surface area contributed by atoms with Gasteiger partial charge in [0.2, 0.25) is 0 Å². The number of hydrogen-bond acceptors (Lipinski definition) is 3. The van der Waals surface area contributed by atoms with Crippen LogP contribution in [0.2, 0.25) is 0 Å². The molecule has 0 aliphatic carbocycles. The molecule has 1 amide bonds. The molecule has 1 N–H and O–H groups in total. The summed E-state index contributed by atoms with van der Waals surface area (Å²) < 4.78 is 0. The predicted octanol–water partition coefficient (Wildman–Crippen LogP) is 2.59. The van der Waals surface area contributed by atoms with Gasteiger partial charge in [-0.3, -0.25) is 14.9 Å². The van der Waals surface area contributed by atoms with Gasteiger partial charge in [0.25, 0.3) is 11.6 Å². The molecule has 6 heteroatoms. The molecule has 0 atom stereocenters. The van der Waals surface area contributed by atoms with E-state index in [1.807, 2.05) is 13.8 Å². The Morgan fingerprint density at radius 3 is 2.39 bits per heavy atom. The Morgan fingerprint density at radius 1 is 1.39 bits per heavy atom. The Morgan fingerprint density at radius 2 is 1.94 bits per heavy atom. The van der Waals surface area contributed by atoms with E-state index in [1.165, 1.54) is 24.3 Å². The number of nitrogens with one attached hydrogen (secondary N) is 1. The summed E-state index contributed by atoms with van der Waals surface area (Å²) in [5.41, 5.74) is 0.177. The quantitative estimate of drug-likeness (QED) is 0.508. The lowest BCUT2D eigenvalue weighted by molar-refractivity contribution is -0.384. The fraction of sp³-hybridized carbons (Fsp3) is 0.417. The van der Waals surface area contributed by atoms with Crippen LogP contribution in [0, 0.1) is 15.5 Å². The maximum Gasteiger partial charge on any atom is 0.269 e. The number of non-ortho nitro benzene ring substituents is 1. The molecule has 0 aliphatic heterocycles. The number of nitro groups is 1. The largest absolute Gasteiger partial charge is 0.351 e. The average Bonchev–Trinajstić information content (AvgIpc) is 2.36. The van der Waals surface area contributed by atoms with Crippen molar-refractivity contribution in [3.05, 3.63) is 39.9 Å². The minimum absolute atomic E-state index is 0.0346. The fourth-order valence-corrected chi connectivity index (χ4v) is 1.30. The summed E-state index contributed by atoms with van der Waals surface area (Å²) >= 11 is 5.75. The molecule has 0 unspecified atom stereocenters. The van der Waals surface area contributed by atoms with Gasteiger partial charge in [-0.25, -0.2) is 0 Å². The van der Waals surface area contributed by atoms with Crippen LogP contribution in [0.4, 0.5) is 5.69 Å². The fourth-order valence-electron chi connectivity index (χ4n) is 1.20. The van der Waals surface area contributed by atoms with Crippen LogP contribution in [0.1, 0.15) is 24.2 Å². The third-order valence-electron chi connectivity index (χ3n) is 2.43. The van der Waals surface area contributed by atoms with Gasteiger partial charge in [0.1, 0.15) is 0 Å². The summed E-state index contributed by atoms with van der Waals surface area (Å²) in [5, 5.41) is 13.2. The van der Waals surface area contributed by atoms with Gasteiger partial charge in [-0.05, 0) is 17.5 Å². The van der Waals surface area contributed by atoms with Crippen molar-refractivity contribution >= 4 is 23.2 Å². The van der Waals surface area contributed by atoms with Crippen molar-refractivity contribution in [1.29, 1.82) is 0 Å². The van der Waals surface area contributed by atoms with E-state index in [4.69, 9.17) is 11.6 Å². The van der Waals surface area contributed by atoms with E-state index in [0.717, 1.165) is 0 Å². The highest BCUT2D eigenvalue weighted by Gasteiger charge is 2.18. The van der Waals surface area contributed by atoms with Crippen LogP contribution in [-0.4, -0.2) is 23.3 Å². The summed E-state index contributed by atoms with van der Waals surface area (Å²) in [5.74, 6) is 0.177. The monoisotopic (exact) mass is 270 g/mol. The van der Waals surface area contributed by atoms with Crippen molar-refractivity contribution in [3.63, 3.8) is 0 Å². The Balaban J connectivity index is 2.65. The van der Waals surface area contributed by atoms with Crippen LogP contribution in [0.3, 0.4) is 0 Å². The number of rotatable bonds is 5. The number of nitro benzene ring substituents is 1. The average molecular weight is 271 g/mol. The number of carbonyl (C=O) groups is 1. The minimum atomic E-state index is -0.502. The number of nitrogens with zero attached hydrogens (tertiary/aromatic N) is 1. The molecule has 0 aliphatic rings. The number of benzene rings is 1. The van der Waals surface area contributed by atoms with E-state index in [-0.39, 0.29) is 17.0 Å². The molecule has 0 saturated heterocycles. The first kappa shape index (κ1) is 14.4. The molecule has 1 aromatic rings. The second-order valence-corrected chi connectivity index (χ2v) is 5.05. The summed E-state index contributed by atoms with van der Waals surface area (Å²) in [6, 6.07) is 5.48. The highest BCUT2D eigenvalue weighted by molar-refractivity contribution is 6.18.